The molecule has 1 unspecified atom stereocenters. The van der Waals surface area contributed by atoms with E-state index in [4.69, 9.17) is 10.00 Å². The summed E-state index contributed by atoms with van der Waals surface area (Å²) in [7, 11) is 1.67. The van der Waals surface area contributed by atoms with Crippen LogP contribution in [0.2, 0.25) is 0 Å². The summed E-state index contributed by atoms with van der Waals surface area (Å²) < 4.78 is 5.03. The van der Waals surface area contributed by atoms with Gasteiger partial charge in [-0.25, -0.2) is 9.97 Å². The van der Waals surface area contributed by atoms with E-state index in [1.165, 1.54) is 0 Å². The van der Waals surface area contributed by atoms with Crippen LogP contribution in [0.1, 0.15) is 18.3 Å². The molecule has 0 fully saturated rings. The fourth-order valence-electron chi connectivity index (χ4n) is 1.31. The van der Waals surface area contributed by atoms with Gasteiger partial charge < -0.3 is 10.1 Å². The Labute approximate surface area is 95.5 Å². The predicted molar refractivity (Wildman–Crippen MR) is 61.0 cm³/mol. The standard InChI is InChI=1S/C11H16N4O/c1-8(7-16-3)6-13-11-14-9(2)4-10(5-12)15-11/h4,8H,6-7H2,1-3H3,(H,13,14,15). The summed E-state index contributed by atoms with van der Waals surface area (Å²) in [5, 5.41) is 11.9. The highest BCUT2D eigenvalue weighted by Gasteiger charge is 2.04. The van der Waals surface area contributed by atoms with E-state index in [0.29, 0.717) is 24.2 Å². The first kappa shape index (κ1) is 12.4. The van der Waals surface area contributed by atoms with E-state index in [1.54, 1.807) is 13.2 Å². The molecule has 0 saturated heterocycles. The van der Waals surface area contributed by atoms with Gasteiger partial charge in [0.25, 0.3) is 0 Å². The summed E-state index contributed by atoms with van der Waals surface area (Å²) in [6.07, 6.45) is 0. The van der Waals surface area contributed by atoms with Gasteiger partial charge in [0.1, 0.15) is 11.8 Å². The largest absolute Gasteiger partial charge is 0.384 e. The van der Waals surface area contributed by atoms with Crippen molar-refractivity contribution < 1.29 is 4.74 Å². The van der Waals surface area contributed by atoms with Crippen LogP contribution in [0.15, 0.2) is 6.07 Å². The second-order valence-corrected chi connectivity index (χ2v) is 3.77. The van der Waals surface area contributed by atoms with E-state index in [1.807, 2.05) is 13.0 Å². The van der Waals surface area contributed by atoms with E-state index in [-0.39, 0.29) is 0 Å². The number of aromatic nitrogens is 2. The summed E-state index contributed by atoms with van der Waals surface area (Å²) >= 11 is 0. The van der Waals surface area contributed by atoms with Gasteiger partial charge in [-0.1, -0.05) is 6.92 Å². The maximum Gasteiger partial charge on any atom is 0.224 e. The van der Waals surface area contributed by atoms with Crippen LogP contribution >= 0.6 is 0 Å². The minimum absolute atomic E-state index is 0.375. The van der Waals surface area contributed by atoms with Crippen molar-refractivity contribution >= 4 is 5.95 Å². The Balaban J connectivity index is 2.60. The number of nitrogens with one attached hydrogen (secondary N) is 1. The van der Waals surface area contributed by atoms with Crippen LogP contribution in [0.3, 0.4) is 0 Å². The lowest BCUT2D eigenvalue weighted by atomic mass is 10.2. The van der Waals surface area contributed by atoms with Crippen molar-refractivity contribution in [3.8, 4) is 6.07 Å². The molecule has 0 radical (unpaired) electrons. The van der Waals surface area contributed by atoms with Crippen LogP contribution in [-0.4, -0.2) is 30.2 Å². The normalized spacial score (nSPS) is 11.9. The summed E-state index contributed by atoms with van der Waals surface area (Å²) in [5.41, 5.74) is 1.17. The van der Waals surface area contributed by atoms with Crippen LogP contribution in [0.25, 0.3) is 0 Å². The molecule has 0 bridgehead atoms. The zero-order chi connectivity index (χ0) is 12.0. The first-order valence-electron chi connectivity index (χ1n) is 5.14. The molecule has 1 N–H and O–H groups in total. The number of hydrogen-bond acceptors (Lipinski definition) is 5. The zero-order valence-corrected chi connectivity index (χ0v) is 9.82. The van der Waals surface area contributed by atoms with Crippen LogP contribution in [0, 0.1) is 24.2 Å². The van der Waals surface area contributed by atoms with Gasteiger partial charge in [-0.2, -0.15) is 5.26 Å². The number of rotatable bonds is 5. The number of anilines is 1. The van der Waals surface area contributed by atoms with E-state index in [2.05, 4.69) is 22.2 Å². The first-order chi connectivity index (χ1) is 7.65. The van der Waals surface area contributed by atoms with Crippen LogP contribution in [0.4, 0.5) is 5.95 Å². The van der Waals surface area contributed by atoms with Gasteiger partial charge in [0.15, 0.2) is 0 Å². The third-order valence-electron chi connectivity index (χ3n) is 2.03. The molecule has 0 aliphatic carbocycles. The molecule has 0 aromatic carbocycles. The third kappa shape index (κ3) is 3.83. The van der Waals surface area contributed by atoms with Crippen LogP contribution < -0.4 is 5.32 Å². The molecule has 0 amide bonds. The van der Waals surface area contributed by atoms with Gasteiger partial charge in [-0.05, 0) is 18.9 Å². The molecule has 1 rings (SSSR count). The van der Waals surface area contributed by atoms with E-state index in [0.717, 1.165) is 12.2 Å². The minimum atomic E-state index is 0.375. The Kier molecular flexibility index (Phi) is 4.67. The molecule has 86 valence electrons. The Hall–Kier alpha value is -1.67. The van der Waals surface area contributed by atoms with Gasteiger partial charge in [0.05, 0.1) is 6.61 Å². The maximum absolute atomic E-state index is 8.76. The third-order valence-corrected chi connectivity index (χ3v) is 2.03. The highest BCUT2D eigenvalue weighted by molar-refractivity contribution is 5.32. The van der Waals surface area contributed by atoms with Gasteiger partial charge in [-0.15, -0.1) is 0 Å². The van der Waals surface area contributed by atoms with E-state index in [9.17, 15) is 0 Å². The molecule has 1 aromatic heterocycles. The number of nitriles is 1. The summed E-state index contributed by atoms with van der Waals surface area (Å²) in [6, 6.07) is 3.66. The molecule has 5 heteroatoms. The van der Waals surface area contributed by atoms with E-state index >= 15 is 0 Å². The zero-order valence-electron chi connectivity index (χ0n) is 9.82. The Morgan fingerprint density at radius 1 is 1.56 bits per heavy atom. The molecule has 1 heterocycles. The number of hydrogen-bond donors (Lipinski definition) is 1. The Bertz CT molecular complexity index is 386. The number of nitrogens with zero attached hydrogens (tertiary/aromatic N) is 3. The van der Waals surface area contributed by atoms with Crippen molar-refractivity contribution in [2.45, 2.75) is 13.8 Å². The van der Waals surface area contributed by atoms with Crippen LogP contribution in [0.5, 0.6) is 0 Å². The second-order valence-electron chi connectivity index (χ2n) is 3.77. The van der Waals surface area contributed by atoms with Crippen molar-refractivity contribution in [3.63, 3.8) is 0 Å². The lowest BCUT2D eigenvalue weighted by Crippen LogP contribution is -2.17. The fraction of sp³-hybridized carbons (Fsp3) is 0.545. The molecular weight excluding hydrogens is 204 g/mol. The fourth-order valence-corrected chi connectivity index (χ4v) is 1.31. The van der Waals surface area contributed by atoms with Crippen molar-refractivity contribution in [3.05, 3.63) is 17.5 Å². The Morgan fingerprint density at radius 2 is 2.31 bits per heavy atom. The highest BCUT2D eigenvalue weighted by Crippen LogP contribution is 2.05. The lowest BCUT2D eigenvalue weighted by molar-refractivity contribution is 0.164. The molecule has 0 aliphatic heterocycles. The molecule has 0 aliphatic rings. The monoisotopic (exact) mass is 220 g/mol. The number of aryl methyl sites for hydroxylation is 1. The highest BCUT2D eigenvalue weighted by atomic mass is 16.5. The summed E-state index contributed by atoms with van der Waals surface area (Å²) in [5.74, 6) is 0.874. The maximum atomic E-state index is 8.76. The average molecular weight is 220 g/mol. The van der Waals surface area contributed by atoms with E-state index < -0.39 is 0 Å². The van der Waals surface area contributed by atoms with Crippen LogP contribution in [-0.2, 0) is 4.74 Å². The average Bonchev–Trinajstić information content (AvgIpc) is 2.26. The smallest absolute Gasteiger partial charge is 0.224 e. The van der Waals surface area contributed by atoms with Crippen molar-refractivity contribution in [2.24, 2.45) is 5.92 Å². The number of methoxy groups -OCH3 is 1. The second kappa shape index (κ2) is 6.03. The molecule has 1 aromatic rings. The first-order valence-corrected chi connectivity index (χ1v) is 5.14. The van der Waals surface area contributed by atoms with Gasteiger partial charge >= 0.3 is 0 Å². The SMILES string of the molecule is COCC(C)CNc1nc(C)cc(C#N)n1. The lowest BCUT2D eigenvalue weighted by Gasteiger charge is -2.11. The molecular formula is C11H16N4O. The molecule has 0 spiro atoms. The molecule has 1 atom stereocenters. The molecule has 5 nitrogen and oxygen atoms in total. The van der Waals surface area contributed by atoms with Gasteiger partial charge in [-0.3, -0.25) is 0 Å². The quantitative estimate of drug-likeness (QED) is 0.811. The van der Waals surface area contributed by atoms with Gasteiger partial charge in [0, 0.05) is 19.3 Å². The molecule has 16 heavy (non-hydrogen) atoms. The van der Waals surface area contributed by atoms with Crippen molar-refractivity contribution in [1.29, 1.82) is 5.26 Å². The minimum Gasteiger partial charge on any atom is -0.384 e. The predicted octanol–water partition coefficient (Wildman–Crippen LogP) is 1.35. The van der Waals surface area contributed by atoms with Crippen molar-refractivity contribution in [2.75, 3.05) is 25.6 Å². The van der Waals surface area contributed by atoms with Gasteiger partial charge in [0.2, 0.25) is 5.95 Å². The topological polar surface area (TPSA) is 70.8 Å². The summed E-state index contributed by atoms with van der Waals surface area (Å²) in [4.78, 5) is 8.26. The summed E-state index contributed by atoms with van der Waals surface area (Å²) in [6.45, 7) is 5.32. The Morgan fingerprint density at radius 3 is 2.94 bits per heavy atom. The van der Waals surface area contributed by atoms with Crippen molar-refractivity contribution in [1.82, 2.24) is 9.97 Å². The molecule has 0 saturated carbocycles. The number of ether oxygens (including phenoxy) is 1.